The van der Waals surface area contributed by atoms with Crippen molar-refractivity contribution in [3.8, 4) is 0 Å². The van der Waals surface area contributed by atoms with Crippen LogP contribution in [0.5, 0.6) is 0 Å². The van der Waals surface area contributed by atoms with E-state index in [1.807, 2.05) is 37.3 Å². The minimum absolute atomic E-state index is 0.246. The summed E-state index contributed by atoms with van der Waals surface area (Å²) in [6, 6.07) is 9.80. The van der Waals surface area contributed by atoms with Crippen LogP contribution in [0.2, 0.25) is 0 Å². The minimum atomic E-state index is -0.329. The van der Waals surface area contributed by atoms with Crippen LogP contribution in [0.25, 0.3) is 0 Å². The molecule has 1 aliphatic heterocycles. The molecule has 1 aliphatic rings. The zero-order valence-corrected chi connectivity index (χ0v) is 9.06. The zero-order chi connectivity index (χ0) is 10.7. The van der Waals surface area contributed by atoms with E-state index in [9.17, 15) is 5.21 Å². The molecule has 0 N–H and O–H groups in total. The standard InChI is InChI=1S/C12H17NO2/c1-2-13(14)9-6-10-15-12(13)11-7-4-3-5-8-11/h3-5,7-8,12H,2,6,9-10H2,1H3. The lowest BCUT2D eigenvalue weighted by Crippen LogP contribution is -2.50. The van der Waals surface area contributed by atoms with Crippen LogP contribution >= 0.6 is 0 Å². The Balaban J connectivity index is 2.26. The number of hydrogen-bond donors (Lipinski definition) is 0. The molecule has 0 aromatic heterocycles. The fourth-order valence-electron chi connectivity index (χ4n) is 2.09. The average molecular weight is 207 g/mol. The third kappa shape index (κ3) is 2.04. The molecule has 1 aromatic rings. The van der Waals surface area contributed by atoms with Crippen LogP contribution in [0, 0.1) is 5.21 Å². The lowest BCUT2D eigenvalue weighted by Gasteiger charge is -2.50. The van der Waals surface area contributed by atoms with E-state index in [2.05, 4.69) is 0 Å². The number of rotatable bonds is 2. The topological polar surface area (TPSA) is 32.3 Å². The van der Waals surface area contributed by atoms with Gasteiger partial charge >= 0.3 is 0 Å². The molecule has 0 radical (unpaired) electrons. The first-order valence-electron chi connectivity index (χ1n) is 5.50. The summed E-state index contributed by atoms with van der Waals surface area (Å²) in [6.07, 6.45) is 0.533. The fourth-order valence-corrected chi connectivity index (χ4v) is 2.09. The molecular formula is C12H17NO2. The highest BCUT2D eigenvalue weighted by Gasteiger charge is 2.32. The summed E-state index contributed by atoms with van der Waals surface area (Å²) < 4.78 is 5.38. The molecule has 15 heavy (non-hydrogen) atoms. The Labute approximate surface area is 90.4 Å². The van der Waals surface area contributed by atoms with Gasteiger partial charge in [-0.2, -0.15) is 0 Å². The van der Waals surface area contributed by atoms with E-state index in [0.29, 0.717) is 19.7 Å². The fraction of sp³-hybridized carbons (Fsp3) is 0.500. The molecule has 3 nitrogen and oxygen atoms in total. The van der Waals surface area contributed by atoms with Gasteiger partial charge in [-0.25, -0.2) is 0 Å². The highest BCUT2D eigenvalue weighted by Crippen LogP contribution is 2.32. The van der Waals surface area contributed by atoms with Crippen LogP contribution in [0.1, 0.15) is 25.1 Å². The van der Waals surface area contributed by atoms with E-state index in [-0.39, 0.29) is 10.9 Å². The third-order valence-corrected chi connectivity index (χ3v) is 3.00. The van der Waals surface area contributed by atoms with Crippen molar-refractivity contribution in [2.75, 3.05) is 19.7 Å². The van der Waals surface area contributed by atoms with Gasteiger partial charge < -0.3 is 14.6 Å². The molecule has 0 amide bonds. The van der Waals surface area contributed by atoms with Crippen molar-refractivity contribution in [1.29, 1.82) is 0 Å². The SMILES string of the molecule is CC[N+]1([O-])CCCOC1c1ccccc1. The summed E-state index contributed by atoms with van der Waals surface area (Å²) >= 11 is 0. The molecule has 3 heteroatoms. The van der Waals surface area contributed by atoms with Crippen LogP contribution < -0.4 is 0 Å². The van der Waals surface area contributed by atoms with Gasteiger partial charge in [-0.05, 0) is 6.92 Å². The lowest BCUT2D eigenvalue weighted by molar-refractivity contribution is -0.941. The number of quaternary nitrogens is 1. The summed E-state index contributed by atoms with van der Waals surface area (Å²) in [5.74, 6) is 0. The Morgan fingerprint density at radius 1 is 1.40 bits per heavy atom. The predicted octanol–water partition coefficient (Wildman–Crippen LogP) is 2.44. The van der Waals surface area contributed by atoms with Gasteiger partial charge in [0.25, 0.3) is 0 Å². The lowest BCUT2D eigenvalue weighted by atomic mass is 10.1. The zero-order valence-electron chi connectivity index (χ0n) is 9.06. The second kappa shape index (κ2) is 4.31. The summed E-state index contributed by atoms with van der Waals surface area (Å²) in [6.45, 7) is 3.86. The summed E-state index contributed by atoms with van der Waals surface area (Å²) in [5, 5.41) is 12.4. The van der Waals surface area contributed by atoms with E-state index in [1.54, 1.807) is 0 Å². The first kappa shape index (κ1) is 10.6. The van der Waals surface area contributed by atoms with Crippen molar-refractivity contribution in [2.45, 2.75) is 19.6 Å². The van der Waals surface area contributed by atoms with Crippen LogP contribution in [0.3, 0.4) is 0 Å². The van der Waals surface area contributed by atoms with Crippen LogP contribution in [0.4, 0.5) is 0 Å². The van der Waals surface area contributed by atoms with E-state index in [1.165, 1.54) is 0 Å². The van der Waals surface area contributed by atoms with E-state index in [4.69, 9.17) is 4.74 Å². The summed E-state index contributed by atoms with van der Waals surface area (Å²) in [7, 11) is 0. The smallest absolute Gasteiger partial charge is 0.219 e. The van der Waals surface area contributed by atoms with Gasteiger partial charge in [0.1, 0.15) is 0 Å². The monoisotopic (exact) mass is 207 g/mol. The predicted molar refractivity (Wildman–Crippen MR) is 58.8 cm³/mol. The quantitative estimate of drug-likeness (QED) is 0.551. The molecule has 0 spiro atoms. The van der Waals surface area contributed by atoms with Gasteiger partial charge in [0, 0.05) is 12.0 Å². The Morgan fingerprint density at radius 2 is 2.13 bits per heavy atom. The molecule has 0 bridgehead atoms. The van der Waals surface area contributed by atoms with Gasteiger partial charge in [-0.3, -0.25) is 0 Å². The van der Waals surface area contributed by atoms with Gasteiger partial charge in [0.2, 0.25) is 6.23 Å². The molecule has 1 fully saturated rings. The van der Waals surface area contributed by atoms with Crippen molar-refractivity contribution in [3.05, 3.63) is 41.1 Å². The highest BCUT2D eigenvalue weighted by molar-refractivity contribution is 5.16. The molecule has 1 aromatic carbocycles. The second-order valence-corrected chi connectivity index (χ2v) is 3.98. The van der Waals surface area contributed by atoms with Gasteiger partial charge in [0.15, 0.2) is 0 Å². The Kier molecular flexibility index (Phi) is 3.05. The van der Waals surface area contributed by atoms with Gasteiger partial charge in [-0.15, -0.1) is 0 Å². The summed E-state index contributed by atoms with van der Waals surface area (Å²) in [5.41, 5.74) is 0.994. The van der Waals surface area contributed by atoms with Crippen LogP contribution in [-0.4, -0.2) is 24.3 Å². The number of hydroxylamine groups is 3. The first-order valence-corrected chi connectivity index (χ1v) is 5.50. The van der Waals surface area contributed by atoms with Crippen LogP contribution in [-0.2, 0) is 4.74 Å². The largest absolute Gasteiger partial charge is 0.631 e. The number of nitrogens with zero attached hydrogens (tertiary/aromatic N) is 1. The second-order valence-electron chi connectivity index (χ2n) is 3.98. The van der Waals surface area contributed by atoms with Crippen molar-refractivity contribution < 1.29 is 9.38 Å². The van der Waals surface area contributed by atoms with Gasteiger partial charge in [-0.1, -0.05) is 30.3 Å². The average Bonchev–Trinajstić information content (AvgIpc) is 2.31. The summed E-state index contributed by atoms with van der Waals surface area (Å²) in [4.78, 5) is 0. The van der Waals surface area contributed by atoms with E-state index < -0.39 is 0 Å². The third-order valence-electron chi connectivity index (χ3n) is 3.00. The molecule has 2 rings (SSSR count). The molecule has 1 heterocycles. The molecule has 0 aliphatic carbocycles. The molecule has 1 saturated heterocycles. The molecular weight excluding hydrogens is 190 g/mol. The van der Waals surface area contributed by atoms with Crippen molar-refractivity contribution in [3.63, 3.8) is 0 Å². The number of ether oxygens (including phenoxy) is 1. The Hall–Kier alpha value is -0.900. The Morgan fingerprint density at radius 3 is 2.80 bits per heavy atom. The Bertz CT molecular complexity index is 315. The van der Waals surface area contributed by atoms with E-state index in [0.717, 1.165) is 12.0 Å². The molecule has 2 unspecified atom stereocenters. The van der Waals surface area contributed by atoms with Crippen molar-refractivity contribution in [1.82, 2.24) is 0 Å². The van der Waals surface area contributed by atoms with Crippen molar-refractivity contribution in [2.24, 2.45) is 0 Å². The minimum Gasteiger partial charge on any atom is -0.631 e. The number of hydrogen-bond acceptors (Lipinski definition) is 2. The first-order chi connectivity index (χ1) is 7.26. The molecule has 2 atom stereocenters. The molecule has 82 valence electrons. The maximum absolute atomic E-state index is 12.4. The maximum atomic E-state index is 12.4. The molecule has 0 saturated carbocycles. The maximum Gasteiger partial charge on any atom is 0.219 e. The van der Waals surface area contributed by atoms with Gasteiger partial charge in [0.05, 0.1) is 19.7 Å². The number of benzene rings is 1. The highest BCUT2D eigenvalue weighted by atomic mass is 16.6. The van der Waals surface area contributed by atoms with Crippen LogP contribution in [0.15, 0.2) is 30.3 Å². The van der Waals surface area contributed by atoms with E-state index >= 15 is 0 Å². The van der Waals surface area contributed by atoms with Crippen molar-refractivity contribution >= 4 is 0 Å². The normalized spacial score (nSPS) is 31.5.